The second kappa shape index (κ2) is 5.45. The fourth-order valence-electron chi connectivity index (χ4n) is 1.86. The van der Waals surface area contributed by atoms with Crippen LogP contribution in [0.15, 0.2) is 36.4 Å². The van der Waals surface area contributed by atoms with E-state index in [-0.39, 0.29) is 11.6 Å². The summed E-state index contributed by atoms with van der Waals surface area (Å²) in [5.41, 5.74) is 1.61. The summed E-state index contributed by atoms with van der Waals surface area (Å²) in [4.78, 5) is 0. The Hall–Kier alpha value is -1.81. The third-order valence-electron chi connectivity index (χ3n) is 3.16. The monoisotopic (exact) mass is 265 g/mol. The first kappa shape index (κ1) is 13.6. The Morgan fingerprint density at radius 1 is 0.895 bits per heavy atom. The molecule has 0 aromatic heterocycles. The molecular formula is C15H14F3N. The lowest BCUT2D eigenvalue weighted by Gasteiger charge is -2.11. The number of benzene rings is 2. The van der Waals surface area contributed by atoms with Crippen molar-refractivity contribution in [3.05, 3.63) is 59.4 Å². The zero-order chi connectivity index (χ0) is 14.0. The predicted octanol–water partition coefficient (Wildman–Crippen LogP) is 4.05. The van der Waals surface area contributed by atoms with Gasteiger partial charge in [-0.2, -0.15) is 0 Å². The third-order valence-corrected chi connectivity index (χ3v) is 3.16. The first-order valence-electron chi connectivity index (χ1n) is 5.95. The van der Waals surface area contributed by atoms with Gasteiger partial charge in [0, 0.05) is 17.7 Å². The molecule has 4 heteroatoms. The van der Waals surface area contributed by atoms with Crippen molar-refractivity contribution in [1.82, 2.24) is 5.32 Å². The largest absolute Gasteiger partial charge is 0.313 e. The molecule has 0 amide bonds. The van der Waals surface area contributed by atoms with Gasteiger partial charge in [0.2, 0.25) is 0 Å². The maximum absolute atomic E-state index is 13.6. The fraction of sp³-hybridized carbons (Fsp3) is 0.200. The molecule has 0 fully saturated rings. The molecule has 0 aliphatic heterocycles. The summed E-state index contributed by atoms with van der Waals surface area (Å²) in [6.45, 7) is 1.99. The van der Waals surface area contributed by atoms with Crippen LogP contribution in [-0.4, -0.2) is 7.05 Å². The number of hydrogen-bond donors (Lipinski definition) is 1. The second-order valence-corrected chi connectivity index (χ2v) is 4.38. The van der Waals surface area contributed by atoms with Crippen LogP contribution in [0.4, 0.5) is 13.2 Å². The molecule has 2 aromatic carbocycles. The van der Waals surface area contributed by atoms with Crippen molar-refractivity contribution in [2.75, 3.05) is 7.05 Å². The normalized spacial score (nSPS) is 12.5. The minimum atomic E-state index is -1.18. The van der Waals surface area contributed by atoms with Gasteiger partial charge in [-0.05, 0) is 31.2 Å². The van der Waals surface area contributed by atoms with E-state index in [1.54, 1.807) is 12.1 Å². The fourth-order valence-corrected chi connectivity index (χ4v) is 1.86. The lowest BCUT2D eigenvalue weighted by Crippen LogP contribution is -2.11. The number of halogens is 3. The standard InChI is InChI=1S/C15H14F3N/c1-9(19-2)10-3-5-11(6-4-10)12-7-14(17)15(18)8-13(12)16/h3-9,19H,1-2H3. The SMILES string of the molecule is CNC(C)c1ccc(-c2cc(F)c(F)cc2F)cc1. The van der Waals surface area contributed by atoms with Crippen molar-refractivity contribution in [1.29, 1.82) is 0 Å². The van der Waals surface area contributed by atoms with Crippen molar-refractivity contribution in [2.24, 2.45) is 0 Å². The zero-order valence-corrected chi connectivity index (χ0v) is 10.7. The summed E-state index contributed by atoms with van der Waals surface area (Å²) in [6, 6.07) is 8.66. The van der Waals surface area contributed by atoms with E-state index in [1.807, 2.05) is 26.1 Å². The van der Waals surface area contributed by atoms with E-state index in [4.69, 9.17) is 0 Å². The van der Waals surface area contributed by atoms with Crippen LogP contribution in [-0.2, 0) is 0 Å². The molecule has 2 rings (SSSR count). The van der Waals surface area contributed by atoms with Crippen LogP contribution in [0, 0.1) is 17.5 Å². The average molecular weight is 265 g/mol. The topological polar surface area (TPSA) is 12.0 Å². The molecule has 19 heavy (non-hydrogen) atoms. The predicted molar refractivity (Wildman–Crippen MR) is 69.2 cm³/mol. The summed E-state index contributed by atoms with van der Waals surface area (Å²) >= 11 is 0. The van der Waals surface area contributed by atoms with Crippen LogP contribution >= 0.6 is 0 Å². The highest BCUT2D eigenvalue weighted by Crippen LogP contribution is 2.26. The summed E-state index contributed by atoms with van der Waals surface area (Å²) in [7, 11) is 1.84. The maximum Gasteiger partial charge on any atom is 0.161 e. The average Bonchev–Trinajstić information content (AvgIpc) is 2.42. The van der Waals surface area contributed by atoms with Gasteiger partial charge in [-0.3, -0.25) is 0 Å². The van der Waals surface area contributed by atoms with Gasteiger partial charge in [-0.15, -0.1) is 0 Å². The number of nitrogens with one attached hydrogen (secondary N) is 1. The highest BCUT2D eigenvalue weighted by molar-refractivity contribution is 5.64. The molecule has 1 nitrogen and oxygen atoms in total. The van der Waals surface area contributed by atoms with Crippen molar-refractivity contribution in [2.45, 2.75) is 13.0 Å². The van der Waals surface area contributed by atoms with Gasteiger partial charge in [0.15, 0.2) is 11.6 Å². The highest BCUT2D eigenvalue weighted by atomic mass is 19.2. The molecule has 0 bridgehead atoms. The summed E-state index contributed by atoms with van der Waals surface area (Å²) in [5.74, 6) is -3.00. The van der Waals surface area contributed by atoms with Crippen LogP contribution in [0.5, 0.6) is 0 Å². The van der Waals surface area contributed by atoms with Crippen LogP contribution in [0.2, 0.25) is 0 Å². The van der Waals surface area contributed by atoms with E-state index in [0.29, 0.717) is 11.6 Å². The van der Waals surface area contributed by atoms with Crippen LogP contribution in [0.1, 0.15) is 18.5 Å². The summed E-state index contributed by atoms with van der Waals surface area (Å²) in [6.07, 6.45) is 0. The van der Waals surface area contributed by atoms with Crippen molar-refractivity contribution >= 4 is 0 Å². The van der Waals surface area contributed by atoms with Crippen molar-refractivity contribution in [3.63, 3.8) is 0 Å². The lowest BCUT2D eigenvalue weighted by atomic mass is 10.0. The molecular weight excluding hydrogens is 251 g/mol. The molecule has 100 valence electrons. The van der Waals surface area contributed by atoms with Crippen molar-refractivity contribution < 1.29 is 13.2 Å². The Bertz CT molecular complexity index is 579. The number of hydrogen-bond acceptors (Lipinski definition) is 1. The molecule has 0 aliphatic carbocycles. The zero-order valence-electron chi connectivity index (χ0n) is 10.7. The van der Waals surface area contributed by atoms with Gasteiger partial charge in [-0.1, -0.05) is 24.3 Å². The van der Waals surface area contributed by atoms with Crippen molar-refractivity contribution in [3.8, 4) is 11.1 Å². The molecule has 0 saturated carbocycles. The van der Waals surface area contributed by atoms with E-state index >= 15 is 0 Å². The first-order valence-corrected chi connectivity index (χ1v) is 5.95. The van der Waals surface area contributed by atoms with E-state index in [0.717, 1.165) is 11.6 Å². The smallest absolute Gasteiger partial charge is 0.161 e. The highest BCUT2D eigenvalue weighted by Gasteiger charge is 2.12. The van der Waals surface area contributed by atoms with Gasteiger partial charge in [0.25, 0.3) is 0 Å². The van der Waals surface area contributed by atoms with Gasteiger partial charge >= 0.3 is 0 Å². The molecule has 1 unspecified atom stereocenters. The van der Waals surface area contributed by atoms with E-state index in [1.165, 1.54) is 0 Å². The quantitative estimate of drug-likeness (QED) is 0.825. The number of rotatable bonds is 3. The Balaban J connectivity index is 2.40. The molecule has 0 saturated heterocycles. The van der Waals surface area contributed by atoms with Crippen LogP contribution in [0.3, 0.4) is 0 Å². The van der Waals surface area contributed by atoms with E-state index in [2.05, 4.69) is 5.32 Å². The third kappa shape index (κ3) is 2.79. The van der Waals surface area contributed by atoms with Crippen LogP contribution < -0.4 is 5.32 Å². The minimum absolute atomic E-state index is 0.0579. The second-order valence-electron chi connectivity index (χ2n) is 4.38. The maximum atomic E-state index is 13.6. The Labute approximate surface area is 110 Å². The molecule has 0 heterocycles. The van der Waals surface area contributed by atoms with Gasteiger partial charge in [0.1, 0.15) is 5.82 Å². The van der Waals surface area contributed by atoms with E-state index < -0.39 is 17.5 Å². The lowest BCUT2D eigenvalue weighted by molar-refractivity contribution is 0.496. The molecule has 2 aromatic rings. The summed E-state index contributed by atoms with van der Waals surface area (Å²) in [5, 5.41) is 3.08. The molecule has 0 radical (unpaired) electrons. The summed E-state index contributed by atoms with van der Waals surface area (Å²) < 4.78 is 39.6. The Kier molecular flexibility index (Phi) is 3.90. The molecule has 0 aliphatic rings. The van der Waals surface area contributed by atoms with Gasteiger partial charge in [-0.25, -0.2) is 13.2 Å². The Morgan fingerprint density at radius 3 is 2.05 bits per heavy atom. The van der Waals surface area contributed by atoms with Gasteiger partial charge < -0.3 is 5.32 Å². The Morgan fingerprint density at radius 2 is 1.47 bits per heavy atom. The molecule has 0 spiro atoms. The van der Waals surface area contributed by atoms with Gasteiger partial charge in [0.05, 0.1) is 0 Å². The molecule has 1 N–H and O–H groups in total. The first-order chi connectivity index (χ1) is 9.02. The van der Waals surface area contributed by atoms with E-state index in [9.17, 15) is 13.2 Å². The van der Waals surface area contributed by atoms with Crippen LogP contribution in [0.25, 0.3) is 11.1 Å². The minimum Gasteiger partial charge on any atom is -0.313 e. The molecule has 1 atom stereocenters.